The summed E-state index contributed by atoms with van der Waals surface area (Å²) in [7, 11) is 0. The Kier molecular flexibility index (Phi) is 6.91. The van der Waals surface area contributed by atoms with Crippen molar-refractivity contribution in [1.29, 1.82) is 0 Å². The highest BCUT2D eigenvalue weighted by Crippen LogP contribution is 2.46. The molecule has 26 heavy (non-hydrogen) atoms. The van der Waals surface area contributed by atoms with Crippen LogP contribution in [0.25, 0.3) is 0 Å². The number of rotatable bonds is 4. The van der Waals surface area contributed by atoms with Crippen molar-refractivity contribution < 1.29 is 24.9 Å². The summed E-state index contributed by atoms with van der Waals surface area (Å²) in [6.45, 7) is 8.45. The van der Waals surface area contributed by atoms with Crippen LogP contribution in [0.5, 0.6) is 0 Å². The van der Waals surface area contributed by atoms with Crippen LogP contribution in [0.1, 0.15) is 41.0 Å². The summed E-state index contributed by atoms with van der Waals surface area (Å²) in [5.41, 5.74) is -0.419. The molecule has 0 aliphatic heterocycles. The average Bonchev–Trinajstić information content (AvgIpc) is 2.50. The SMILES string of the molecule is CC1=C(C#C/C(C)=C\CO)C(=O)CC(C)(C)[C@@]1(O)/C=C/C(C)=C\C(=O)O. The molecule has 0 amide bonds. The molecule has 0 aromatic heterocycles. The Labute approximate surface area is 154 Å². The molecule has 1 rings (SSSR count). The molecule has 5 nitrogen and oxygen atoms in total. The molecule has 1 aliphatic carbocycles. The van der Waals surface area contributed by atoms with E-state index in [0.29, 0.717) is 16.7 Å². The Hall–Kier alpha value is -2.42. The van der Waals surface area contributed by atoms with Gasteiger partial charge in [-0.2, -0.15) is 0 Å². The lowest BCUT2D eigenvalue weighted by Crippen LogP contribution is -2.49. The first-order valence-electron chi connectivity index (χ1n) is 8.31. The number of aliphatic hydroxyl groups excluding tert-OH is 1. The van der Waals surface area contributed by atoms with E-state index in [9.17, 15) is 14.7 Å². The van der Waals surface area contributed by atoms with Crippen molar-refractivity contribution in [3.8, 4) is 11.8 Å². The van der Waals surface area contributed by atoms with Gasteiger partial charge in [-0.3, -0.25) is 4.79 Å². The minimum absolute atomic E-state index is 0.111. The molecule has 0 aromatic carbocycles. The number of ketones is 1. The van der Waals surface area contributed by atoms with Gasteiger partial charge in [0.2, 0.25) is 0 Å². The monoisotopic (exact) mass is 358 g/mol. The minimum atomic E-state index is -1.44. The second kappa shape index (κ2) is 8.31. The zero-order valence-corrected chi connectivity index (χ0v) is 15.9. The molecule has 0 saturated carbocycles. The van der Waals surface area contributed by atoms with Gasteiger partial charge in [0.1, 0.15) is 5.60 Å². The first-order chi connectivity index (χ1) is 11.9. The van der Waals surface area contributed by atoms with Gasteiger partial charge in [0.15, 0.2) is 5.78 Å². The maximum atomic E-state index is 12.5. The van der Waals surface area contributed by atoms with Gasteiger partial charge in [-0.1, -0.05) is 31.8 Å². The molecule has 0 spiro atoms. The van der Waals surface area contributed by atoms with E-state index in [1.165, 1.54) is 18.2 Å². The summed E-state index contributed by atoms with van der Waals surface area (Å²) in [6, 6.07) is 0. The van der Waals surface area contributed by atoms with Crippen LogP contribution in [-0.4, -0.2) is 39.3 Å². The molecule has 5 heteroatoms. The topological polar surface area (TPSA) is 94.8 Å². The zero-order valence-electron chi connectivity index (χ0n) is 15.9. The lowest BCUT2D eigenvalue weighted by molar-refractivity contribution is -0.131. The Morgan fingerprint density at radius 3 is 2.46 bits per heavy atom. The number of carbonyl (C=O) groups is 2. The van der Waals surface area contributed by atoms with Gasteiger partial charge in [-0.05, 0) is 49.6 Å². The van der Waals surface area contributed by atoms with E-state index in [-0.39, 0.29) is 24.4 Å². The maximum Gasteiger partial charge on any atom is 0.328 e. The first kappa shape index (κ1) is 21.6. The van der Waals surface area contributed by atoms with Crippen molar-refractivity contribution in [3.05, 3.63) is 46.6 Å². The third kappa shape index (κ3) is 4.81. The van der Waals surface area contributed by atoms with E-state index < -0.39 is 17.0 Å². The molecule has 1 atom stereocenters. The molecule has 0 saturated heterocycles. The van der Waals surface area contributed by atoms with E-state index in [0.717, 1.165) is 6.08 Å². The second-order valence-electron chi connectivity index (χ2n) is 7.13. The second-order valence-corrected chi connectivity index (χ2v) is 7.13. The molecule has 0 unspecified atom stereocenters. The fourth-order valence-corrected chi connectivity index (χ4v) is 2.89. The normalized spacial score (nSPS) is 23.9. The number of carboxylic acid groups (broad SMARTS) is 1. The minimum Gasteiger partial charge on any atom is -0.478 e. The number of carbonyl (C=O) groups excluding carboxylic acids is 1. The fourth-order valence-electron chi connectivity index (χ4n) is 2.89. The Morgan fingerprint density at radius 1 is 1.31 bits per heavy atom. The van der Waals surface area contributed by atoms with Crippen LogP contribution in [0.4, 0.5) is 0 Å². The summed E-state index contributed by atoms with van der Waals surface area (Å²) in [5, 5.41) is 29.0. The Balaban J connectivity index is 3.47. The summed E-state index contributed by atoms with van der Waals surface area (Å²) in [4.78, 5) is 23.3. The number of Topliss-reactive ketones (excluding diaryl/α,β-unsaturated/α-hetero) is 1. The van der Waals surface area contributed by atoms with Crippen LogP contribution in [0.3, 0.4) is 0 Å². The number of carboxylic acids is 1. The predicted octanol–water partition coefficient (Wildman–Crippen LogP) is 2.56. The van der Waals surface area contributed by atoms with Crippen molar-refractivity contribution >= 4 is 11.8 Å². The predicted molar refractivity (Wildman–Crippen MR) is 100 cm³/mol. The molecule has 0 fully saturated rings. The van der Waals surface area contributed by atoms with Gasteiger partial charge in [0, 0.05) is 17.9 Å². The molecule has 1 aliphatic rings. The largest absolute Gasteiger partial charge is 0.478 e. The van der Waals surface area contributed by atoms with E-state index in [1.54, 1.807) is 34.6 Å². The lowest BCUT2D eigenvalue weighted by atomic mass is 9.62. The molecular weight excluding hydrogens is 332 g/mol. The summed E-state index contributed by atoms with van der Waals surface area (Å²) in [5.74, 6) is 4.42. The Morgan fingerprint density at radius 2 is 1.92 bits per heavy atom. The molecular formula is C21H26O5. The Bertz CT molecular complexity index is 781. The van der Waals surface area contributed by atoms with E-state index >= 15 is 0 Å². The summed E-state index contributed by atoms with van der Waals surface area (Å²) < 4.78 is 0. The summed E-state index contributed by atoms with van der Waals surface area (Å²) in [6.07, 6.45) is 5.76. The van der Waals surface area contributed by atoms with Crippen molar-refractivity contribution in [2.45, 2.75) is 46.6 Å². The van der Waals surface area contributed by atoms with E-state index in [1.807, 2.05) is 0 Å². The standard InChI is InChI=1S/C21H26O5/c1-14(9-11-22)6-7-17-16(3)21(26,20(4,5)13-18(17)23)10-8-15(2)12-19(24)25/h8-10,12,22,26H,11,13H2,1-5H3,(H,24,25)/b10-8+,14-9-,15-12-/t21-/m1/s1. The highest BCUT2D eigenvalue weighted by Gasteiger charge is 2.49. The summed E-state index contributed by atoms with van der Waals surface area (Å²) >= 11 is 0. The van der Waals surface area contributed by atoms with Crippen LogP contribution in [0, 0.1) is 17.3 Å². The van der Waals surface area contributed by atoms with Gasteiger partial charge in [0.05, 0.1) is 12.2 Å². The third-order valence-electron chi connectivity index (χ3n) is 4.58. The van der Waals surface area contributed by atoms with Crippen LogP contribution in [0.15, 0.2) is 46.6 Å². The lowest BCUT2D eigenvalue weighted by Gasteiger charge is -2.45. The van der Waals surface area contributed by atoms with Crippen molar-refractivity contribution in [1.82, 2.24) is 0 Å². The van der Waals surface area contributed by atoms with Crippen LogP contribution in [-0.2, 0) is 9.59 Å². The quantitative estimate of drug-likeness (QED) is 0.408. The molecule has 0 aromatic rings. The van der Waals surface area contributed by atoms with E-state index in [4.69, 9.17) is 10.2 Å². The number of hydrogen-bond donors (Lipinski definition) is 3. The fraction of sp³-hybridized carbons (Fsp3) is 0.429. The number of aliphatic hydroxyl groups is 2. The molecule has 140 valence electrons. The van der Waals surface area contributed by atoms with E-state index in [2.05, 4.69) is 11.8 Å². The van der Waals surface area contributed by atoms with Gasteiger partial charge >= 0.3 is 5.97 Å². The highest BCUT2D eigenvalue weighted by atomic mass is 16.4. The van der Waals surface area contributed by atoms with Crippen LogP contribution >= 0.6 is 0 Å². The highest BCUT2D eigenvalue weighted by molar-refractivity contribution is 6.02. The van der Waals surface area contributed by atoms with Gasteiger partial charge < -0.3 is 15.3 Å². The van der Waals surface area contributed by atoms with Crippen LogP contribution < -0.4 is 0 Å². The smallest absolute Gasteiger partial charge is 0.328 e. The maximum absolute atomic E-state index is 12.5. The number of hydrogen-bond acceptors (Lipinski definition) is 4. The zero-order chi connectivity index (χ0) is 20.1. The molecule has 3 N–H and O–H groups in total. The van der Waals surface area contributed by atoms with Crippen molar-refractivity contribution in [2.24, 2.45) is 5.41 Å². The average molecular weight is 358 g/mol. The molecule has 0 radical (unpaired) electrons. The van der Waals surface area contributed by atoms with Crippen LogP contribution in [0.2, 0.25) is 0 Å². The molecule has 0 bridgehead atoms. The van der Waals surface area contributed by atoms with Gasteiger partial charge in [0.25, 0.3) is 0 Å². The van der Waals surface area contributed by atoms with Gasteiger partial charge in [-0.25, -0.2) is 4.79 Å². The third-order valence-corrected chi connectivity index (χ3v) is 4.58. The molecule has 0 heterocycles. The first-order valence-corrected chi connectivity index (χ1v) is 8.31. The van der Waals surface area contributed by atoms with Crippen molar-refractivity contribution in [2.75, 3.05) is 6.61 Å². The van der Waals surface area contributed by atoms with Crippen molar-refractivity contribution in [3.63, 3.8) is 0 Å². The number of aliphatic carboxylic acids is 1. The number of allylic oxidation sites excluding steroid dienone is 4. The van der Waals surface area contributed by atoms with Gasteiger partial charge in [-0.15, -0.1) is 0 Å².